The molecule has 1 fully saturated rings. The average molecular weight is 570 g/mol. The minimum atomic E-state index is -1.67. The zero-order valence-electron chi connectivity index (χ0n) is 23.7. The Morgan fingerprint density at radius 3 is 2.73 bits per heavy atom. The van der Waals surface area contributed by atoms with Crippen LogP contribution in [0.2, 0.25) is 5.02 Å². The summed E-state index contributed by atoms with van der Waals surface area (Å²) >= 11 is 6.78. The lowest BCUT2D eigenvalue weighted by Crippen LogP contribution is -2.38. The van der Waals surface area contributed by atoms with Gasteiger partial charge in [-0.1, -0.05) is 48.9 Å². The number of aryl methyl sites for hydroxylation is 1. The number of pyridine rings is 2. The van der Waals surface area contributed by atoms with E-state index in [0.717, 1.165) is 31.0 Å². The van der Waals surface area contributed by atoms with Gasteiger partial charge in [-0.25, -0.2) is 4.39 Å². The van der Waals surface area contributed by atoms with Gasteiger partial charge in [0, 0.05) is 40.8 Å². The zero-order valence-corrected chi connectivity index (χ0v) is 23.4. The van der Waals surface area contributed by atoms with Crippen molar-refractivity contribution in [3.8, 4) is 6.07 Å². The van der Waals surface area contributed by atoms with Crippen molar-refractivity contribution < 1.29 is 5.76 Å². The Morgan fingerprint density at radius 2 is 2.00 bits per heavy atom. The van der Waals surface area contributed by atoms with Crippen LogP contribution in [-0.2, 0) is 0 Å². The molecule has 0 unspecified atom stereocenters. The van der Waals surface area contributed by atoms with Gasteiger partial charge in [0.05, 0.1) is 47.1 Å². The van der Waals surface area contributed by atoms with Gasteiger partial charge in [-0.2, -0.15) is 5.26 Å². The van der Waals surface area contributed by atoms with Crippen LogP contribution < -0.4 is 21.6 Å². The van der Waals surface area contributed by atoms with Gasteiger partial charge in [0.1, 0.15) is 11.9 Å². The first-order chi connectivity index (χ1) is 20.3. The summed E-state index contributed by atoms with van der Waals surface area (Å²) in [6.07, 6.45) is 7.35. The van der Waals surface area contributed by atoms with Gasteiger partial charge in [0.15, 0.2) is 0 Å². The largest absolute Gasteiger partial charge is 0.377 e. The first kappa shape index (κ1) is 25.6. The van der Waals surface area contributed by atoms with Crippen LogP contribution in [0, 0.1) is 24.1 Å². The second-order valence-electron chi connectivity index (χ2n) is 10.2. The molecule has 0 amide bonds. The third kappa shape index (κ3) is 5.49. The van der Waals surface area contributed by atoms with Crippen LogP contribution in [0.15, 0.2) is 72.8 Å². The highest BCUT2D eigenvalue weighted by Gasteiger charge is 2.33. The number of fused-ring (bicyclic) bond motifs is 1. The molecule has 1 saturated carbocycles. The Bertz CT molecular complexity index is 1720. The molecular weight excluding hydrogens is 539 g/mol. The molecule has 2 aliphatic rings. The Labute approximate surface area is 244 Å². The molecule has 8 nitrogen and oxygen atoms in total. The SMILES string of the molecule is [2H][C@](Nc1cc(Cl)c2ncc(C#N)c(N[C@H](CC)c3ccccc3)c2c1)(C1=CN(C2CC2)NN1)c1cc(F)cnc1C. The Morgan fingerprint density at radius 1 is 1.20 bits per heavy atom. The highest BCUT2D eigenvalue weighted by atomic mass is 35.5. The maximum atomic E-state index is 14.5. The predicted octanol–water partition coefficient (Wildman–Crippen LogP) is 6.65. The van der Waals surface area contributed by atoms with Crippen molar-refractivity contribution in [1.29, 1.82) is 5.26 Å². The second-order valence-corrected chi connectivity index (χ2v) is 10.6. The fourth-order valence-electron chi connectivity index (χ4n) is 5.04. The molecule has 2 aromatic heterocycles. The molecule has 10 heteroatoms. The summed E-state index contributed by atoms with van der Waals surface area (Å²) in [7, 11) is 0. The number of nitrogens with zero attached hydrogens (tertiary/aromatic N) is 4. The molecule has 0 saturated heterocycles. The highest BCUT2D eigenvalue weighted by molar-refractivity contribution is 6.35. The van der Waals surface area contributed by atoms with E-state index < -0.39 is 11.8 Å². The number of benzene rings is 2. The van der Waals surface area contributed by atoms with Crippen LogP contribution in [0.4, 0.5) is 15.8 Å². The lowest BCUT2D eigenvalue weighted by atomic mass is 10.0. The van der Waals surface area contributed by atoms with Crippen LogP contribution >= 0.6 is 11.6 Å². The fraction of sp³-hybridized carbons (Fsp3) is 0.258. The molecule has 4 N–H and O–H groups in total. The second kappa shape index (κ2) is 11.2. The molecule has 0 radical (unpaired) electrons. The lowest BCUT2D eigenvalue weighted by Gasteiger charge is -2.24. The van der Waals surface area contributed by atoms with Gasteiger partial charge in [-0.05, 0) is 49.9 Å². The Hall–Kier alpha value is -4.39. The quantitative estimate of drug-likeness (QED) is 0.178. The van der Waals surface area contributed by atoms with Crippen LogP contribution in [-0.4, -0.2) is 21.0 Å². The topological polar surface area (TPSA) is 101 Å². The van der Waals surface area contributed by atoms with E-state index in [-0.39, 0.29) is 6.04 Å². The number of nitriles is 1. The molecule has 6 rings (SSSR count). The number of hydrogen-bond donors (Lipinski definition) is 4. The summed E-state index contributed by atoms with van der Waals surface area (Å²) in [4.78, 5) is 8.68. The van der Waals surface area contributed by atoms with Gasteiger partial charge in [0.2, 0.25) is 0 Å². The van der Waals surface area contributed by atoms with Crippen molar-refractivity contribution in [3.05, 3.63) is 106 Å². The minimum Gasteiger partial charge on any atom is -0.377 e. The Kier molecular flexibility index (Phi) is 7.01. The van der Waals surface area contributed by atoms with Crippen molar-refractivity contribution in [2.45, 2.75) is 51.2 Å². The molecule has 1 aliphatic heterocycles. The van der Waals surface area contributed by atoms with E-state index in [1.54, 1.807) is 13.0 Å². The van der Waals surface area contributed by atoms with E-state index in [1.165, 1.54) is 12.3 Å². The smallest absolute Gasteiger partial charge is 0.141 e. The monoisotopic (exact) mass is 569 g/mol. The van der Waals surface area contributed by atoms with Gasteiger partial charge < -0.3 is 16.1 Å². The number of hydrogen-bond acceptors (Lipinski definition) is 8. The molecule has 0 spiro atoms. The van der Waals surface area contributed by atoms with Gasteiger partial charge in [-0.3, -0.25) is 15.0 Å². The summed E-state index contributed by atoms with van der Waals surface area (Å²) < 4.78 is 24.2. The Balaban J connectivity index is 1.47. The summed E-state index contributed by atoms with van der Waals surface area (Å²) in [5.74, 6) is -0.544. The summed E-state index contributed by atoms with van der Waals surface area (Å²) in [5.41, 5.74) is 10.6. The van der Waals surface area contributed by atoms with E-state index in [0.29, 0.717) is 55.9 Å². The number of rotatable bonds is 9. The third-order valence-electron chi connectivity index (χ3n) is 7.36. The van der Waals surface area contributed by atoms with E-state index >= 15 is 0 Å². The average Bonchev–Trinajstić information content (AvgIpc) is 3.72. The molecular formula is C31H30ClFN8. The maximum absolute atomic E-state index is 14.5. The molecule has 2 atom stereocenters. The van der Waals surface area contributed by atoms with Crippen molar-refractivity contribution >= 4 is 33.9 Å². The van der Waals surface area contributed by atoms with Gasteiger partial charge >= 0.3 is 0 Å². The van der Waals surface area contributed by atoms with E-state index in [9.17, 15) is 11.0 Å². The van der Waals surface area contributed by atoms with Crippen molar-refractivity contribution in [1.82, 2.24) is 25.9 Å². The maximum Gasteiger partial charge on any atom is 0.141 e. The fourth-order valence-corrected chi connectivity index (χ4v) is 5.31. The van der Waals surface area contributed by atoms with Gasteiger partial charge in [0.25, 0.3) is 0 Å². The molecule has 208 valence electrons. The van der Waals surface area contributed by atoms with Crippen molar-refractivity contribution in [3.63, 3.8) is 0 Å². The number of hydrazine groups is 2. The van der Waals surface area contributed by atoms with Crippen LogP contribution in [0.25, 0.3) is 10.9 Å². The van der Waals surface area contributed by atoms with Crippen LogP contribution in [0.3, 0.4) is 0 Å². The summed E-state index contributed by atoms with van der Waals surface area (Å²) in [5, 5.41) is 19.8. The predicted molar refractivity (Wildman–Crippen MR) is 159 cm³/mol. The van der Waals surface area contributed by atoms with E-state index in [4.69, 9.17) is 11.6 Å². The summed E-state index contributed by atoms with van der Waals surface area (Å²) in [6.45, 7) is 3.82. The summed E-state index contributed by atoms with van der Waals surface area (Å²) in [6, 6.07) is 15.7. The van der Waals surface area contributed by atoms with Crippen molar-refractivity contribution in [2.24, 2.45) is 0 Å². The van der Waals surface area contributed by atoms with Gasteiger partial charge in [-0.15, -0.1) is 5.53 Å². The minimum absolute atomic E-state index is 0.0668. The number of nitrogens with one attached hydrogen (secondary N) is 4. The molecule has 1 aliphatic carbocycles. The van der Waals surface area contributed by atoms with Crippen molar-refractivity contribution in [2.75, 3.05) is 10.6 Å². The molecule has 41 heavy (non-hydrogen) atoms. The van der Waals surface area contributed by atoms with Crippen LogP contribution in [0.5, 0.6) is 0 Å². The number of anilines is 2. The molecule has 2 aromatic carbocycles. The number of aromatic nitrogens is 2. The molecule has 4 aromatic rings. The molecule has 0 bridgehead atoms. The highest BCUT2D eigenvalue weighted by Crippen LogP contribution is 2.38. The normalized spacial score (nSPS) is 17.2. The standard InChI is InChI=1S/C31H30ClFN8/c1-3-27(19-7-5-4-6-8-19)38-29-20(14-34)15-36-30-25(29)12-22(13-26(30)32)37-31(24-11-21(33)16-35-18(24)2)28-17-41(40-39-28)23-9-10-23/h4-8,11-13,15-17,23,27,31,37,39-40H,3,9-10H2,1-2H3,(H,36,38)/t27-,31-/m1/s1/i31D. The van der Waals surface area contributed by atoms with E-state index in [1.807, 2.05) is 47.6 Å². The zero-order chi connectivity index (χ0) is 29.4. The first-order valence-electron chi connectivity index (χ1n) is 14.1. The number of halogens is 2. The third-order valence-corrected chi connectivity index (χ3v) is 7.65. The lowest BCUT2D eigenvalue weighted by molar-refractivity contribution is 0.260. The first-order valence-corrected chi connectivity index (χ1v) is 14.0. The van der Waals surface area contributed by atoms with Crippen LogP contribution in [0.1, 0.15) is 62.0 Å². The van der Waals surface area contributed by atoms with E-state index in [2.05, 4.69) is 44.6 Å². The molecule has 3 heterocycles.